The summed E-state index contributed by atoms with van der Waals surface area (Å²) in [7, 11) is 0. The molecule has 0 N–H and O–H groups in total. The lowest BCUT2D eigenvalue weighted by molar-refractivity contribution is 0.0518. The third-order valence-electron chi connectivity index (χ3n) is 1.66. The van der Waals surface area contributed by atoms with Gasteiger partial charge in [0.15, 0.2) is 5.69 Å². The van der Waals surface area contributed by atoms with E-state index in [1.54, 1.807) is 19.1 Å². The molecular formula is C9H10N4O2. The van der Waals surface area contributed by atoms with Gasteiger partial charge in [-0.3, -0.25) is 0 Å². The van der Waals surface area contributed by atoms with Crippen LogP contribution in [0, 0.1) is 0 Å². The quantitative estimate of drug-likeness (QED) is 0.327. The van der Waals surface area contributed by atoms with Gasteiger partial charge in [-0.05, 0) is 24.1 Å². The Morgan fingerprint density at radius 3 is 3.20 bits per heavy atom. The molecule has 0 aromatic carbocycles. The molecule has 0 aliphatic heterocycles. The number of rotatable bonds is 4. The standard InChI is InChI=1S/C9H10N4O2/c1-2-15-9(14)8-7(6-12-13-10)4-3-5-11-8/h3-5H,2,6H2,1H3. The van der Waals surface area contributed by atoms with Crippen molar-refractivity contribution in [2.45, 2.75) is 13.5 Å². The van der Waals surface area contributed by atoms with Crippen LogP contribution >= 0.6 is 0 Å². The van der Waals surface area contributed by atoms with E-state index in [0.29, 0.717) is 5.56 Å². The Balaban J connectivity index is 2.94. The van der Waals surface area contributed by atoms with Crippen molar-refractivity contribution in [3.8, 4) is 0 Å². The van der Waals surface area contributed by atoms with Gasteiger partial charge in [0.05, 0.1) is 13.2 Å². The van der Waals surface area contributed by atoms with Gasteiger partial charge >= 0.3 is 5.97 Å². The van der Waals surface area contributed by atoms with Crippen LogP contribution in [0.5, 0.6) is 0 Å². The average Bonchev–Trinajstić information content (AvgIpc) is 2.27. The van der Waals surface area contributed by atoms with Crippen molar-refractivity contribution in [2.24, 2.45) is 5.11 Å². The highest BCUT2D eigenvalue weighted by Gasteiger charge is 2.12. The first-order valence-electron chi connectivity index (χ1n) is 4.41. The molecule has 0 fully saturated rings. The molecule has 6 heteroatoms. The van der Waals surface area contributed by atoms with Gasteiger partial charge in [0.1, 0.15) is 0 Å². The number of nitrogens with zero attached hydrogens (tertiary/aromatic N) is 4. The second-order valence-corrected chi connectivity index (χ2v) is 2.62. The summed E-state index contributed by atoms with van der Waals surface area (Å²) in [6, 6.07) is 3.35. The van der Waals surface area contributed by atoms with E-state index in [-0.39, 0.29) is 18.8 Å². The van der Waals surface area contributed by atoms with E-state index >= 15 is 0 Å². The molecule has 6 nitrogen and oxygen atoms in total. The van der Waals surface area contributed by atoms with Gasteiger partial charge in [-0.2, -0.15) is 0 Å². The highest BCUT2D eigenvalue weighted by Crippen LogP contribution is 2.08. The Morgan fingerprint density at radius 1 is 1.73 bits per heavy atom. The second kappa shape index (κ2) is 5.62. The zero-order valence-electron chi connectivity index (χ0n) is 8.25. The highest BCUT2D eigenvalue weighted by molar-refractivity contribution is 5.88. The molecule has 15 heavy (non-hydrogen) atoms. The first-order valence-corrected chi connectivity index (χ1v) is 4.41. The molecule has 0 spiro atoms. The zero-order chi connectivity index (χ0) is 11.1. The summed E-state index contributed by atoms with van der Waals surface area (Å²) in [6.07, 6.45) is 1.49. The van der Waals surface area contributed by atoms with Gasteiger partial charge in [0.25, 0.3) is 0 Å². The largest absolute Gasteiger partial charge is 0.461 e. The van der Waals surface area contributed by atoms with E-state index in [1.165, 1.54) is 6.20 Å². The van der Waals surface area contributed by atoms with Crippen LogP contribution in [0.15, 0.2) is 23.4 Å². The number of hydrogen-bond acceptors (Lipinski definition) is 4. The third kappa shape index (κ3) is 2.96. The van der Waals surface area contributed by atoms with Crippen LogP contribution in [0.25, 0.3) is 10.4 Å². The molecule has 0 bridgehead atoms. The molecule has 0 radical (unpaired) electrons. The van der Waals surface area contributed by atoms with Crippen molar-refractivity contribution in [1.82, 2.24) is 4.98 Å². The van der Waals surface area contributed by atoms with Crippen molar-refractivity contribution in [1.29, 1.82) is 0 Å². The van der Waals surface area contributed by atoms with E-state index in [4.69, 9.17) is 10.3 Å². The topological polar surface area (TPSA) is 88.0 Å². The first kappa shape index (κ1) is 11.0. The number of carbonyl (C=O) groups excluding carboxylic acids is 1. The molecular weight excluding hydrogens is 196 g/mol. The van der Waals surface area contributed by atoms with Gasteiger partial charge in [0, 0.05) is 11.1 Å². The molecule has 0 saturated carbocycles. The van der Waals surface area contributed by atoms with Crippen LogP contribution in [-0.2, 0) is 11.3 Å². The lowest BCUT2D eigenvalue weighted by Crippen LogP contribution is -2.10. The maximum Gasteiger partial charge on any atom is 0.357 e. The molecule has 0 atom stereocenters. The average molecular weight is 206 g/mol. The number of ether oxygens (including phenoxy) is 1. The lowest BCUT2D eigenvalue weighted by Gasteiger charge is -2.04. The van der Waals surface area contributed by atoms with Crippen molar-refractivity contribution in [3.05, 3.63) is 40.0 Å². The summed E-state index contributed by atoms with van der Waals surface area (Å²) in [5.74, 6) is -0.499. The minimum Gasteiger partial charge on any atom is -0.461 e. The number of azide groups is 1. The fourth-order valence-electron chi connectivity index (χ4n) is 1.06. The van der Waals surface area contributed by atoms with Gasteiger partial charge in [-0.1, -0.05) is 11.2 Å². The van der Waals surface area contributed by atoms with E-state index in [9.17, 15) is 4.79 Å². The minimum atomic E-state index is -0.499. The van der Waals surface area contributed by atoms with Crippen LogP contribution in [0.4, 0.5) is 0 Å². The monoisotopic (exact) mass is 206 g/mol. The zero-order valence-corrected chi connectivity index (χ0v) is 8.25. The number of hydrogen-bond donors (Lipinski definition) is 0. The molecule has 78 valence electrons. The number of aromatic nitrogens is 1. The van der Waals surface area contributed by atoms with Crippen LogP contribution in [-0.4, -0.2) is 17.6 Å². The van der Waals surface area contributed by atoms with E-state index in [2.05, 4.69) is 15.0 Å². The Labute approximate surface area is 86.5 Å². The molecule has 0 aliphatic carbocycles. The molecule has 0 unspecified atom stereocenters. The van der Waals surface area contributed by atoms with Crippen LogP contribution in [0.3, 0.4) is 0 Å². The smallest absolute Gasteiger partial charge is 0.357 e. The summed E-state index contributed by atoms with van der Waals surface area (Å²) in [5, 5.41) is 3.38. The maximum absolute atomic E-state index is 11.4. The maximum atomic E-state index is 11.4. The van der Waals surface area contributed by atoms with Gasteiger partial charge in [-0.25, -0.2) is 9.78 Å². The van der Waals surface area contributed by atoms with Crippen LogP contribution in [0.2, 0.25) is 0 Å². The predicted octanol–water partition coefficient (Wildman–Crippen LogP) is 2.07. The normalized spacial score (nSPS) is 9.13. The summed E-state index contributed by atoms with van der Waals surface area (Å²) >= 11 is 0. The Morgan fingerprint density at radius 2 is 2.53 bits per heavy atom. The fourth-order valence-corrected chi connectivity index (χ4v) is 1.06. The molecule has 1 heterocycles. The van der Waals surface area contributed by atoms with Crippen LogP contribution < -0.4 is 0 Å². The summed E-state index contributed by atoms with van der Waals surface area (Å²) in [4.78, 5) is 17.9. The number of pyridine rings is 1. The van der Waals surface area contributed by atoms with Crippen molar-refractivity contribution in [3.63, 3.8) is 0 Å². The highest BCUT2D eigenvalue weighted by atomic mass is 16.5. The molecule has 0 aliphatic rings. The van der Waals surface area contributed by atoms with E-state index in [1.807, 2.05) is 0 Å². The van der Waals surface area contributed by atoms with Crippen molar-refractivity contribution < 1.29 is 9.53 Å². The molecule has 1 aromatic heterocycles. The summed E-state index contributed by atoms with van der Waals surface area (Å²) < 4.78 is 4.81. The van der Waals surface area contributed by atoms with Crippen molar-refractivity contribution >= 4 is 5.97 Å². The van der Waals surface area contributed by atoms with Gasteiger partial charge in [-0.15, -0.1) is 0 Å². The lowest BCUT2D eigenvalue weighted by atomic mass is 10.2. The van der Waals surface area contributed by atoms with E-state index < -0.39 is 5.97 Å². The predicted molar refractivity (Wildman–Crippen MR) is 53.0 cm³/mol. The van der Waals surface area contributed by atoms with Crippen molar-refractivity contribution in [2.75, 3.05) is 6.61 Å². The van der Waals surface area contributed by atoms with E-state index in [0.717, 1.165) is 0 Å². The summed E-state index contributed by atoms with van der Waals surface area (Å²) in [5.41, 5.74) is 8.95. The Hall–Kier alpha value is -2.07. The fraction of sp³-hybridized carbons (Fsp3) is 0.333. The van der Waals surface area contributed by atoms with Gasteiger partial charge in [0.2, 0.25) is 0 Å². The third-order valence-corrected chi connectivity index (χ3v) is 1.66. The minimum absolute atomic E-state index is 0.0957. The van der Waals surface area contributed by atoms with Crippen LogP contribution in [0.1, 0.15) is 23.0 Å². The Bertz CT molecular complexity index is 399. The number of esters is 1. The number of carbonyl (C=O) groups is 1. The Kier molecular flexibility index (Phi) is 4.12. The second-order valence-electron chi connectivity index (χ2n) is 2.62. The molecule has 0 saturated heterocycles. The van der Waals surface area contributed by atoms with Gasteiger partial charge < -0.3 is 4.74 Å². The molecule has 1 rings (SSSR count). The SMILES string of the molecule is CCOC(=O)c1ncccc1CN=[N+]=[N-]. The molecule has 0 amide bonds. The first-order chi connectivity index (χ1) is 7.29. The summed E-state index contributed by atoms with van der Waals surface area (Å²) in [6.45, 7) is 2.10. The molecule has 1 aromatic rings.